The van der Waals surface area contributed by atoms with E-state index in [0.717, 1.165) is 249 Å². The van der Waals surface area contributed by atoms with Crippen molar-refractivity contribution in [3.63, 3.8) is 0 Å². The molecule has 0 radical (unpaired) electrons. The number of aliphatic imine (C=N–C) groups is 8. The molecule has 14 heterocycles. The minimum absolute atomic E-state index is 0.571. The van der Waals surface area contributed by atoms with Crippen LogP contribution in [-0.2, 0) is 0 Å². The van der Waals surface area contributed by atoms with E-state index >= 15 is 0 Å². The van der Waals surface area contributed by atoms with Crippen LogP contribution in [0.1, 0.15) is 116 Å². The Morgan fingerprint density at radius 2 is 0.298 bits per heavy atom. The highest BCUT2D eigenvalue weighted by molar-refractivity contribution is 6.06. The van der Waals surface area contributed by atoms with Gasteiger partial charge in [0.2, 0.25) is 0 Å². The van der Waals surface area contributed by atoms with Crippen molar-refractivity contribution in [1.82, 2.24) is 39.9 Å². The molecule has 0 atom stereocenters. The van der Waals surface area contributed by atoms with Crippen LogP contribution < -0.4 is 0 Å². The molecule has 16 nitrogen and oxygen atoms in total. The van der Waals surface area contributed by atoms with Crippen LogP contribution in [0.4, 0.5) is 0 Å². The Bertz CT molecular complexity index is 6110. The van der Waals surface area contributed by atoms with Crippen LogP contribution in [0.25, 0.3) is 182 Å². The van der Waals surface area contributed by atoms with E-state index in [-0.39, 0.29) is 0 Å². The van der Waals surface area contributed by atoms with Gasteiger partial charge in [-0.3, -0.25) is 39.9 Å². The van der Waals surface area contributed by atoms with Crippen molar-refractivity contribution in [1.29, 1.82) is 0 Å². The summed E-state index contributed by atoms with van der Waals surface area (Å²) in [7, 11) is 0. The van der Waals surface area contributed by atoms with Gasteiger partial charge in [0.1, 0.15) is 0 Å². The third kappa shape index (κ3) is 15.9. The van der Waals surface area contributed by atoms with Crippen molar-refractivity contribution < 1.29 is 0 Å². The molecule has 0 unspecified atom stereocenters. The van der Waals surface area contributed by atoms with E-state index in [9.17, 15) is 0 Å². The predicted octanol–water partition coefficient (Wildman–Crippen LogP) is 23.6. The van der Waals surface area contributed by atoms with Crippen molar-refractivity contribution in [2.75, 3.05) is 52.4 Å². The topological polar surface area (TPSA) is 214 Å². The zero-order valence-corrected chi connectivity index (χ0v) is 68.2. The molecular formula is C108H84N16. The van der Waals surface area contributed by atoms with Gasteiger partial charge in [0.25, 0.3) is 0 Å². The Balaban J connectivity index is 0.829. The highest BCUT2D eigenvalue weighted by Crippen LogP contribution is 2.43. The maximum Gasteiger partial charge on any atom is 0.0737 e. The van der Waals surface area contributed by atoms with Gasteiger partial charge in [-0.15, -0.1) is 0 Å². The number of benzene rings is 8. The van der Waals surface area contributed by atoms with Crippen molar-refractivity contribution >= 4 is 142 Å². The summed E-state index contributed by atoms with van der Waals surface area (Å²) in [6.45, 7) is 4.57. The summed E-state index contributed by atoms with van der Waals surface area (Å²) < 4.78 is 0. The van der Waals surface area contributed by atoms with Gasteiger partial charge in [0, 0.05) is 191 Å². The summed E-state index contributed by atoms with van der Waals surface area (Å²) in [5.74, 6) is 0. The van der Waals surface area contributed by atoms with Gasteiger partial charge >= 0.3 is 0 Å². The van der Waals surface area contributed by atoms with Gasteiger partial charge in [-0.2, -0.15) is 0 Å². The Labute approximate surface area is 717 Å². The minimum Gasteiger partial charge on any atom is -0.354 e. The summed E-state index contributed by atoms with van der Waals surface area (Å²) >= 11 is 0. The van der Waals surface area contributed by atoms with E-state index in [1.807, 2.05) is 49.7 Å². The van der Waals surface area contributed by atoms with E-state index < -0.39 is 0 Å². The molecule has 8 aliphatic rings. The van der Waals surface area contributed by atoms with Gasteiger partial charge in [-0.25, -0.2) is 19.9 Å². The van der Waals surface area contributed by atoms with Crippen LogP contribution in [0.3, 0.4) is 0 Å². The second-order valence-corrected chi connectivity index (χ2v) is 31.7. The molecule has 596 valence electrons. The van der Waals surface area contributed by atoms with Crippen LogP contribution in [0, 0.1) is 0 Å². The fourth-order valence-corrected chi connectivity index (χ4v) is 17.4. The van der Waals surface area contributed by atoms with Crippen LogP contribution >= 0.6 is 0 Å². The van der Waals surface area contributed by atoms with Gasteiger partial charge in [-0.1, -0.05) is 146 Å². The Morgan fingerprint density at radius 3 is 0.435 bits per heavy atom. The predicted molar refractivity (Wildman–Crippen MR) is 519 cm³/mol. The lowest BCUT2D eigenvalue weighted by Gasteiger charge is -2.08. The first-order valence-electron chi connectivity index (χ1n) is 42.6. The molecule has 14 aromatic rings. The molecule has 0 amide bonds. The summed E-state index contributed by atoms with van der Waals surface area (Å²) in [6, 6.07) is 86.3. The summed E-state index contributed by atoms with van der Waals surface area (Å²) in [6.07, 6.45) is 36.0. The molecule has 6 aromatic heterocycles. The fourth-order valence-electron chi connectivity index (χ4n) is 17.4. The van der Waals surface area contributed by atoms with Gasteiger partial charge < -0.3 is 19.9 Å². The number of fused-ring (bicyclic) bond motifs is 16. The van der Waals surface area contributed by atoms with Crippen molar-refractivity contribution in [3.05, 3.63) is 333 Å². The monoisotopic (exact) mass is 1600 g/mol. The highest BCUT2D eigenvalue weighted by Gasteiger charge is 2.24. The molecule has 8 aromatic carbocycles. The number of rotatable bonds is 0. The second-order valence-electron chi connectivity index (χ2n) is 31.7. The average Bonchev–Trinajstić information content (AvgIpc) is 1.61. The summed E-state index contributed by atoms with van der Waals surface area (Å²) in [5, 5.41) is 0. The van der Waals surface area contributed by atoms with E-state index in [0.29, 0.717) is 52.4 Å². The van der Waals surface area contributed by atoms with Crippen LogP contribution in [0.15, 0.2) is 283 Å². The number of aromatic amines is 4. The molecule has 4 N–H and O–H groups in total. The number of aromatic nitrogens is 8. The lowest BCUT2D eigenvalue weighted by atomic mass is 10.0. The molecule has 8 aliphatic heterocycles. The highest BCUT2D eigenvalue weighted by atomic mass is 14.8. The van der Waals surface area contributed by atoms with Crippen molar-refractivity contribution in [3.8, 4) is 89.0 Å². The largest absolute Gasteiger partial charge is 0.354 e. The quantitative estimate of drug-likeness (QED) is 0.117. The third-order valence-corrected chi connectivity index (χ3v) is 23.1. The van der Waals surface area contributed by atoms with Gasteiger partial charge in [0.15, 0.2) is 0 Å². The first-order valence-corrected chi connectivity index (χ1v) is 42.6. The lowest BCUT2D eigenvalue weighted by Crippen LogP contribution is -1.93. The molecular weight excluding hydrogens is 1520 g/mol. The van der Waals surface area contributed by atoms with E-state index in [1.165, 1.54) is 0 Å². The standard InChI is InChI=1S/C108H84N16/c1-13-69-53-77(21-1)101-85-29-31-87(117-85)102-78-22-2-14-70(54-78)63-111-47-10-49-113-66-74-18-6-26-82(58-74)106-95-39-37-93(121-95)105(80-24-4-16-72(56-80)62-110-46-9-45-109-61-69)94-38-40-96(122-94)107-83-27-7-19-75(59-83)67-114-50-11-48-112-64-71-15-3-23-79(55-71)103(88-32-30-86(101)118-88)90-34-36-92(120-90)104(91-35-33-89(102)119-91)81-25-5-17-73(57-81)65-115-51-12-52-116-68-76-20-8-28-84(60-76)108(99-43-41-97(106)123-99)100-44-42-98(107)124-100/h1-8,13-44,53-68,117,120-121,124H,9-12,45-52H2. The van der Waals surface area contributed by atoms with Crippen LogP contribution in [0.5, 0.6) is 0 Å². The first-order chi connectivity index (χ1) is 61.4. The molecule has 0 spiro atoms. The molecule has 40 bridgehead atoms. The summed E-state index contributed by atoms with van der Waals surface area (Å²) in [4.78, 5) is 79.6. The molecule has 22 rings (SSSR count). The molecule has 0 saturated heterocycles. The molecule has 16 heteroatoms. The first kappa shape index (κ1) is 75.8. The maximum absolute atomic E-state index is 5.75. The fraction of sp³-hybridized carbons (Fsp3) is 0.111. The molecule has 0 saturated carbocycles. The minimum atomic E-state index is 0.571. The SMILES string of the molecule is C1=Cc2nc1c1c3ccc([nH]3)c3c4nc(c5c6ccc([nH]6)c2-c2cccc(c2)C=NCCCN=Cc2cccc(c2)-c2c6nc(c(c7ccc([nH]7)c(c7nc(c(c8ccc2[nH]8)-c2cccc(c2)C=NCCCN=Cc2cccc-5c2)C=C7)-c2cccc(c2)C=NCCCN=Cc2cccc-3c2)-c2cccc(c2)C=NCCCN=Cc2cccc-1c2)C=C6)C=C4. The number of hydrogen-bond donors (Lipinski definition) is 4. The number of H-pyrrole nitrogens is 4. The normalized spacial score (nSPS) is 14.3. The Kier molecular flexibility index (Phi) is 20.9. The van der Waals surface area contributed by atoms with Crippen molar-refractivity contribution in [2.45, 2.75) is 25.7 Å². The Morgan fingerprint density at radius 1 is 0.161 bits per heavy atom. The zero-order valence-electron chi connectivity index (χ0n) is 68.2. The maximum atomic E-state index is 5.75. The van der Waals surface area contributed by atoms with E-state index in [2.05, 4.69) is 311 Å². The molecule has 0 aliphatic carbocycles. The van der Waals surface area contributed by atoms with Crippen molar-refractivity contribution in [2.24, 2.45) is 39.9 Å². The number of nitrogens with zero attached hydrogens (tertiary/aromatic N) is 12. The zero-order chi connectivity index (χ0) is 82.5. The van der Waals surface area contributed by atoms with Crippen LogP contribution in [-0.4, -0.2) is 142 Å². The van der Waals surface area contributed by atoms with E-state index in [4.69, 9.17) is 59.9 Å². The lowest BCUT2D eigenvalue weighted by molar-refractivity contribution is 0.851. The third-order valence-electron chi connectivity index (χ3n) is 23.1. The number of nitrogens with one attached hydrogen (secondary N) is 4. The second kappa shape index (κ2) is 34.2. The molecule has 0 fully saturated rings. The van der Waals surface area contributed by atoms with Gasteiger partial charge in [0.05, 0.1) is 45.6 Å². The van der Waals surface area contributed by atoms with E-state index in [1.54, 1.807) is 0 Å². The van der Waals surface area contributed by atoms with Crippen LogP contribution in [0.2, 0.25) is 0 Å². The average molecular weight is 1610 g/mol. The Hall–Kier alpha value is -15.7. The number of hydrogen-bond acceptors (Lipinski definition) is 12. The molecule has 124 heavy (non-hydrogen) atoms. The summed E-state index contributed by atoms with van der Waals surface area (Å²) in [5.41, 5.74) is 36.2. The van der Waals surface area contributed by atoms with Gasteiger partial charge in [-0.05, 0) is 260 Å². The smallest absolute Gasteiger partial charge is 0.0737 e.